The highest BCUT2D eigenvalue weighted by atomic mass is 31.1. The van der Waals surface area contributed by atoms with Crippen LogP contribution in [0.25, 0.3) is 0 Å². The van der Waals surface area contributed by atoms with Crippen LogP contribution in [0.3, 0.4) is 0 Å². The predicted molar refractivity (Wildman–Crippen MR) is 90.7 cm³/mol. The molecule has 0 heterocycles. The molecule has 0 saturated heterocycles. The van der Waals surface area contributed by atoms with Crippen molar-refractivity contribution >= 4 is 8.03 Å². The summed E-state index contributed by atoms with van der Waals surface area (Å²) in [6, 6.07) is 0. The second-order valence-electron chi connectivity index (χ2n) is 5.75. The second-order valence-corrected chi connectivity index (χ2v) is 7.03. The van der Waals surface area contributed by atoms with Gasteiger partial charge in [-0.25, -0.2) is 0 Å². The van der Waals surface area contributed by atoms with E-state index in [1.807, 2.05) is 0 Å². The molecule has 0 fully saturated rings. The molecule has 2 nitrogen and oxygen atoms in total. The summed E-state index contributed by atoms with van der Waals surface area (Å²) in [6.45, 7) is 8.63. The van der Waals surface area contributed by atoms with Crippen LogP contribution in [0.2, 0.25) is 0 Å². The zero-order valence-corrected chi connectivity index (χ0v) is 14.5. The quantitative estimate of drug-likeness (QED) is 0.321. The minimum atomic E-state index is -2.27. The average Bonchev–Trinajstić information content (AvgIpc) is 2.34. The van der Waals surface area contributed by atoms with Gasteiger partial charge in [-0.3, -0.25) is 4.57 Å². The van der Waals surface area contributed by atoms with Crippen LogP contribution in [-0.2, 0) is 4.57 Å². The molecular formula is C17H31O2P. The minimum absolute atomic E-state index is 0.456. The first-order valence-electron chi connectivity index (χ1n) is 7.58. The number of hydrogen-bond donors (Lipinski definition) is 1. The van der Waals surface area contributed by atoms with E-state index in [4.69, 9.17) is 4.89 Å². The summed E-state index contributed by atoms with van der Waals surface area (Å²) < 4.78 is 10.6. The molecule has 0 radical (unpaired) electrons. The fourth-order valence-corrected chi connectivity index (χ4v) is 2.45. The molecule has 1 unspecified atom stereocenters. The van der Waals surface area contributed by atoms with Crippen LogP contribution in [0.15, 0.2) is 34.9 Å². The molecule has 116 valence electrons. The maximum absolute atomic E-state index is 10.6. The van der Waals surface area contributed by atoms with Gasteiger partial charge in [0.1, 0.15) is 0 Å². The Morgan fingerprint density at radius 2 is 1.40 bits per heavy atom. The van der Waals surface area contributed by atoms with Crippen molar-refractivity contribution in [3.05, 3.63) is 34.9 Å². The molecule has 20 heavy (non-hydrogen) atoms. The van der Waals surface area contributed by atoms with E-state index in [2.05, 4.69) is 45.9 Å². The molecule has 3 heteroatoms. The molecule has 0 rings (SSSR count). The van der Waals surface area contributed by atoms with Crippen LogP contribution in [0.4, 0.5) is 0 Å². The van der Waals surface area contributed by atoms with Gasteiger partial charge in [-0.1, -0.05) is 34.9 Å². The van der Waals surface area contributed by atoms with Gasteiger partial charge in [-0.05, 0) is 66.2 Å². The van der Waals surface area contributed by atoms with E-state index < -0.39 is 8.03 Å². The Morgan fingerprint density at radius 1 is 0.900 bits per heavy atom. The van der Waals surface area contributed by atoms with Crippen LogP contribution in [0.5, 0.6) is 0 Å². The Hall–Kier alpha value is -0.590. The van der Waals surface area contributed by atoms with Gasteiger partial charge in [-0.15, -0.1) is 0 Å². The van der Waals surface area contributed by atoms with Crippen molar-refractivity contribution in [1.29, 1.82) is 0 Å². The Kier molecular flexibility index (Phi) is 11.8. The van der Waals surface area contributed by atoms with Crippen LogP contribution in [0, 0.1) is 0 Å². The molecule has 1 N–H and O–H groups in total. The number of rotatable bonds is 10. The Labute approximate surface area is 125 Å². The summed E-state index contributed by atoms with van der Waals surface area (Å²) in [5.41, 5.74) is 4.24. The molecule has 0 aliphatic carbocycles. The summed E-state index contributed by atoms with van der Waals surface area (Å²) in [5.74, 6) is 0. The third-order valence-corrected chi connectivity index (χ3v) is 3.99. The number of hydrogen-bond acceptors (Lipinski definition) is 1. The SMILES string of the molecule is CC(C)=CCC/C(C)=C/CC/C(C)=C/CCC[PH](=O)O. The third-order valence-electron chi connectivity index (χ3n) is 3.21. The highest BCUT2D eigenvalue weighted by molar-refractivity contribution is 7.37. The van der Waals surface area contributed by atoms with Crippen molar-refractivity contribution in [3.63, 3.8) is 0 Å². The molecule has 0 aromatic rings. The van der Waals surface area contributed by atoms with E-state index in [0.29, 0.717) is 6.16 Å². The smallest absolute Gasteiger partial charge is 0.189 e. The molecule has 0 aliphatic heterocycles. The van der Waals surface area contributed by atoms with Gasteiger partial charge in [0.2, 0.25) is 0 Å². The Bertz CT molecular complexity index is 374. The maximum atomic E-state index is 10.6. The molecular weight excluding hydrogens is 267 g/mol. The Morgan fingerprint density at radius 3 is 1.90 bits per heavy atom. The van der Waals surface area contributed by atoms with Gasteiger partial charge in [0.25, 0.3) is 0 Å². The topological polar surface area (TPSA) is 37.3 Å². The van der Waals surface area contributed by atoms with Crippen molar-refractivity contribution in [1.82, 2.24) is 0 Å². The zero-order valence-electron chi connectivity index (χ0n) is 13.5. The van der Waals surface area contributed by atoms with Crippen LogP contribution < -0.4 is 0 Å². The van der Waals surface area contributed by atoms with E-state index in [0.717, 1.165) is 38.5 Å². The van der Waals surface area contributed by atoms with Crippen LogP contribution in [0.1, 0.15) is 66.2 Å². The summed E-state index contributed by atoms with van der Waals surface area (Å²) in [7, 11) is -2.27. The zero-order chi connectivity index (χ0) is 15.4. The van der Waals surface area contributed by atoms with Gasteiger partial charge in [0, 0.05) is 6.16 Å². The lowest BCUT2D eigenvalue weighted by atomic mass is 10.1. The minimum Gasteiger partial charge on any atom is -0.346 e. The number of allylic oxidation sites excluding steroid dienone is 6. The first-order valence-corrected chi connectivity index (χ1v) is 9.14. The first kappa shape index (κ1) is 19.4. The van der Waals surface area contributed by atoms with Gasteiger partial charge in [-0.2, -0.15) is 0 Å². The molecule has 0 spiro atoms. The van der Waals surface area contributed by atoms with E-state index in [-0.39, 0.29) is 0 Å². The van der Waals surface area contributed by atoms with Crippen molar-refractivity contribution in [3.8, 4) is 0 Å². The van der Waals surface area contributed by atoms with E-state index in [9.17, 15) is 4.57 Å². The molecule has 0 aliphatic rings. The van der Waals surface area contributed by atoms with Crippen LogP contribution >= 0.6 is 8.03 Å². The monoisotopic (exact) mass is 298 g/mol. The fraction of sp³-hybridized carbons (Fsp3) is 0.647. The van der Waals surface area contributed by atoms with Gasteiger partial charge < -0.3 is 4.89 Å². The van der Waals surface area contributed by atoms with Gasteiger partial charge in [0.05, 0.1) is 0 Å². The predicted octanol–water partition coefficient (Wildman–Crippen LogP) is 5.65. The molecule has 0 saturated carbocycles. The molecule has 0 bridgehead atoms. The van der Waals surface area contributed by atoms with Crippen molar-refractivity contribution in [2.45, 2.75) is 66.2 Å². The largest absolute Gasteiger partial charge is 0.346 e. The number of unbranched alkanes of at least 4 members (excludes halogenated alkanes) is 1. The van der Waals surface area contributed by atoms with Crippen molar-refractivity contribution in [2.24, 2.45) is 0 Å². The lowest BCUT2D eigenvalue weighted by molar-refractivity contribution is 0.501. The standard InChI is InChI=1S/C17H31O2P/c1-15(2)9-7-11-17(4)13-8-12-16(3)10-5-6-14-20(18)19/h9-10,13,20H,5-8,11-12,14H2,1-4H3,(H,18,19)/b16-10+,17-13+. The van der Waals surface area contributed by atoms with Gasteiger partial charge >= 0.3 is 0 Å². The van der Waals surface area contributed by atoms with Crippen molar-refractivity contribution < 1.29 is 9.46 Å². The van der Waals surface area contributed by atoms with Gasteiger partial charge in [0.15, 0.2) is 8.03 Å². The lowest BCUT2D eigenvalue weighted by Crippen LogP contribution is -1.82. The third kappa shape index (κ3) is 13.8. The van der Waals surface area contributed by atoms with E-state index in [1.54, 1.807) is 0 Å². The average molecular weight is 298 g/mol. The normalized spacial score (nSPS) is 14.2. The van der Waals surface area contributed by atoms with Crippen LogP contribution in [-0.4, -0.2) is 11.1 Å². The molecule has 0 aromatic carbocycles. The fourth-order valence-electron chi connectivity index (χ4n) is 1.94. The summed E-state index contributed by atoms with van der Waals surface area (Å²) in [6.07, 6.45) is 13.5. The Balaban J connectivity index is 3.82. The van der Waals surface area contributed by atoms with Crippen molar-refractivity contribution in [2.75, 3.05) is 6.16 Å². The summed E-state index contributed by atoms with van der Waals surface area (Å²) in [4.78, 5) is 8.74. The highest BCUT2D eigenvalue weighted by Gasteiger charge is 1.94. The maximum Gasteiger partial charge on any atom is 0.189 e. The van der Waals surface area contributed by atoms with E-state index >= 15 is 0 Å². The second kappa shape index (κ2) is 12.2. The summed E-state index contributed by atoms with van der Waals surface area (Å²) >= 11 is 0. The first-order chi connectivity index (χ1) is 9.41. The molecule has 1 atom stereocenters. The molecule has 0 aromatic heterocycles. The molecule has 0 amide bonds. The highest BCUT2D eigenvalue weighted by Crippen LogP contribution is 2.16. The lowest BCUT2D eigenvalue weighted by Gasteiger charge is -2.01. The summed E-state index contributed by atoms with van der Waals surface area (Å²) in [5, 5.41) is 0. The van der Waals surface area contributed by atoms with E-state index in [1.165, 1.54) is 16.7 Å².